The molecule has 0 saturated carbocycles. The highest BCUT2D eigenvalue weighted by atomic mass is 16.5. The minimum Gasteiger partial charge on any atom is -0.463 e. The summed E-state index contributed by atoms with van der Waals surface area (Å²) < 4.78 is 10.1. The van der Waals surface area contributed by atoms with E-state index < -0.39 is 0 Å². The molecule has 3 heteroatoms. The van der Waals surface area contributed by atoms with Crippen molar-refractivity contribution in [2.24, 2.45) is 4.99 Å². The molecule has 0 N–H and O–H groups in total. The molecule has 3 nitrogen and oxygen atoms in total. The van der Waals surface area contributed by atoms with Gasteiger partial charge in [-0.25, -0.2) is 0 Å². The lowest BCUT2D eigenvalue weighted by molar-refractivity contribution is 0.108. The largest absolute Gasteiger partial charge is 0.463 e. The molecule has 0 aliphatic carbocycles. The normalized spacial score (nSPS) is 13.8. The lowest BCUT2D eigenvalue weighted by Gasteiger charge is -2.04. The number of hydrogen-bond donors (Lipinski definition) is 0. The van der Waals surface area contributed by atoms with Crippen molar-refractivity contribution >= 4 is 6.21 Å². The van der Waals surface area contributed by atoms with E-state index in [1.54, 1.807) is 19.6 Å². The first kappa shape index (κ1) is 9.00. The van der Waals surface area contributed by atoms with Crippen molar-refractivity contribution in [2.75, 3.05) is 7.11 Å². The Morgan fingerprint density at radius 2 is 2.58 bits per heavy atom. The lowest BCUT2D eigenvalue weighted by atomic mass is 10.4. The van der Waals surface area contributed by atoms with E-state index in [1.807, 2.05) is 19.1 Å². The van der Waals surface area contributed by atoms with Gasteiger partial charge in [0.1, 0.15) is 12.0 Å². The van der Waals surface area contributed by atoms with E-state index in [2.05, 4.69) is 4.99 Å². The number of rotatable bonds is 4. The molecular weight excluding hydrogens is 154 g/mol. The summed E-state index contributed by atoms with van der Waals surface area (Å²) in [5.74, 6) is 0.755. The Labute approximate surface area is 72.1 Å². The van der Waals surface area contributed by atoms with E-state index in [1.165, 1.54) is 0 Å². The Morgan fingerprint density at radius 3 is 3.08 bits per heavy atom. The Morgan fingerprint density at radius 1 is 1.75 bits per heavy atom. The first-order valence-electron chi connectivity index (χ1n) is 3.96. The number of nitrogens with zero attached hydrogens (tertiary/aromatic N) is 1. The summed E-state index contributed by atoms with van der Waals surface area (Å²) in [4.78, 5) is 4.16. The summed E-state index contributed by atoms with van der Waals surface area (Å²) in [5, 5.41) is 0. The topological polar surface area (TPSA) is 34.7 Å². The van der Waals surface area contributed by atoms with Crippen LogP contribution in [0.25, 0.3) is 0 Å². The second kappa shape index (κ2) is 4.72. The van der Waals surface area contributed by atoms with Crippen LogP contribution in [0.4, 0.5) is 0 Å². The maximum absolute atomic E-state index is 5.07. The van der Waals surface area contributed by atoms with Crippen LogP contribution in [-0.2, 0) is 4.74 Å². The van der Waals surface area contributed by atoms with E-state index in [9.17, 15) is 0 Å². The molecule has 0 radical (unpaired) electrons. The monoisotopic (exact) mass is 167 g/mol. The average Bonchev–Trinajstić information content (AvgIpc) is 2.59. The molecule has 0 aromatic carbocycles. The predicted octanol–water partition coefficient (Wildman–Crippen LogP) is 2.08. The van der Waals surface area contributed by atoms with Crippen molar-refractivity contribution in [3.8, 4) is 0 Å². The highest BCUT2D eigenvalue weighted by molar-refractivity contribution is 5.75. The molecule has 1 atom stereocenters. The van der Waals surface area contributed by atoms with Crippen LogP contribution < -0.4 is 0 Å². The number of hydrogen-bond acceptors (Lipinski definition) is 3. The summed E-state index contributed by atoms with van der Waals surface area (Å²) in [5.41, 5.74) is 0. The van der Waals surface area contributed by atoms with Gasteiger partial charge in [-0.2, -0.15) is 0 Å². The fourth-order valence-electron chi connectivity index (χ4n) is 0.854. The minimum atomic E-state index is -0.0601. The molecule has 1 unspecified atom stereocenters. The van der Waals surface area contributed by atoms with Crippen LogP contribution in [-0.4, -0.2) is 19.6 Å². The van der Waals surface area contributed by atoms with Gasteiger partial charge in [0, 0.05) is 7.11 Å². The van der Waals surface area contributed by atoms with Gasteiger partial charge in [-0.15, -0.1) is 0 Å². The minimum absolute atomic E-state index is 0.0601. The van der Waals surface area contributed by atoms with E-state index in [4.69, 9.17) is 9.15 Å². The molecule has 1 heterocycles. The predicted molar refractivity (Wildman–Crippen MR) is 47.4 cm³/mol. The van der Waals surface area contributed by atoms with Crippen LogP contribution >= 0.6 is 0 Å². The summed E-state index contributed by atoms with van der Waals surface area (Å²) in [6, 6.07) is 3.68. The Hall–Kier alpha value is -1.09. The number of furan rings is 1. The van der Waals surface area contributed by atoms with Crippen molar-refractivity contribution in [1.82, 2.24) is 0 Å². The standard InChI is InChI=1S/C9H13NO2/c1-3-9(11-2)10-7-8-5-4-6-12-8/h4-7,9H,3H2,1-2H3. The summed E-state index contributed by atoms with van der Waals surface area (Å²) in [7, 11) is 1.65. The third-order valence-corrected chi connectivity index (χ3v) is 1.53. The first-order chi connectivity index (χ1) is 5.86. The number of ether oxygens (including phenoxy) is 1. The van der Waals surface area contributed by atoms with E-state index in [-0.39, 0.29) is 6.23 Å². The van der Waals surface area contributed by atoms with E-state index in [0.717, 1.165) is 12.2 Å². The molecule has 0 amide bonds. The van der Waals surface area contributed by atoms with Gasteiger partial charge in [-0.3, -0.25) is 4.99 Å². The number of methoxy groups -OCH3 is 1. The highest BCUT2D eigenvalue weighted by Crippen LogP contribution is 2.00. The second-order valence-electron chi connectivity index (χ2n) is 2.39. The zero-order valence-corrected chi connectivity index (χ0v) is 7.36. The lowest BCUT2D eigenvalue weighted by Crippen LogP contribution is -2.04. The number of aliphatic imine (C=N–C) groups is 1. The van der Waals surface area contributed by atoms with Crippen molar-refractivity contribution in [1.29, 1.82) is 0 Å². The molecule has 12 heavy (non-hydrogen) atoms. The smallest absolute Gasteiger partial charge is 0.147 e. The maximum atomic E-state index is 5.07. The van der Waals surface area contributed by atoms with Gasteiger partial charge in [0.15, 0.2) is 0 Å². The van der Waals surface area contributed by atoms with Gasteiger partial charge in [0.05, 0.1) is 12.5 Å². The van der Waals surface area contributed by atoms with E-state index in [0.29, 0.717) is 0 Å². The fourth-order valence-corrected chi connectivity index (χ4v) is 0.854. The van der Waals surface area contributed by atoms with Crippen molar-refractivity contribution in [3.63, 3.8) is 0 Å². The SMILES string of the molecule is CCC(N=Cc1ccco1)OC. The Balaban J connectivity index is 2.49. The second-order valence-corrected chi connectivity index (χ2v) is 2.39. The highest BCUT2D eigenvalue weighted by Gasteiger charge is 1.98. The molecule has 1 aromatic heterocycles. The molecule has 1 rings (SSSR count). The molecule has 0 saturated heterocycles. The molecule has 66 valence electrons. The summed E-state index contributed by atoms with van der Waals surface area (Å²) >= 11 is 0. The fraction of sp³-hybridized carbons (Fsp3) is 0.444. The van der Waals surface area contributed by atoms with Crippen LogP contribution in [0.1, 0.15) is 19.1 Å². The van der Waals surface area contributed by atoms with Gasteiger partial charge in [-0.1, -0.05) is 6.92 Å². The average molecular weight is 167 g/mol. The van der Waals surface area contributed by atoms with Crippen LogP contribution in [0.5, 0.6) is 0 Å². The molecule has 0 bridgehead atoms. The molecule has 0 aliphatic heterocycles. The van der Waals surface area contributed by atoms with Crippen molar-refractivity contribution in [2.45, 2.75) is 19.6 Å². The van der Waals surface area contributed by atoms with Gasteiger partial charge in [0.2, 0.25) is 0 Å². The maximum Gasteiger partial charge on any atom is 0.147 e. The third kappa shape index (κ3) is 2.51. The molecule has 0 fully saturated rings. The van der Waals surface area contributed by atoms with Gasteiger partial charge >= 0.3 is 0 Å². The Bertz CT molecular complexity index is 225. The van der Waals surface area contributed by atoms with Crippen molar-refractivity contribution in [3.05, 3.63) is 24.2 Å². The van der Waals surface area contributed by atoms with Crippen molar-refractivity contribution < 1.29 is 9.15 Å². The quantitative estimate of drug-likeness (QED) is 0.643. The van der Waals surface area contributed by atoms with E-state index >= 15 is 0 Å². The van der Waals surface area contributed by atoms with Crippen LogP contribution in [0.15, 0.2) is 27.8 Å². The summed E-state index contributed by atoms with van der Waals surface area (Å²) in [6.07, 6.45) is 4.11. The third-order valence-electron chi connectivity index (χ3n) is 1.53. The van der Waals surface area contributed by atoms with Crippen LogP contribution in [0, 0.1) is 0 Å². The zero-order valence-electron chi connectivity index (χ0n) is 7.36. The van der Waals surface area contributed by atoms with Gasteiger partial charge < -0.3 is 9.15 Å². The molecule has 0 spiro atoms. The zero-order chi connectivity index (χ0) is 8.81. The molecule has 1 aromatic rings. The van der Waals surface area contributed by atoms with Gasteiger partial charge in [0.25, 0.3) is 0 Å². The molecule has 0 aliphatic rings. The van der Waals surface area contributed by atoms with Crippen LogP contribution in [0.2, 0.25) is 0 Å². The van der Waals surface area contributed by atoms with Gasteiger partial charge in [-0.05, 0) is 18.6 Å². The van der Waals surface area contributed by atoms with Crippen LogP contribution in [0.3, 0.4) is 0 Å². The molecular formula is C9H13NO2. The summed E-state index contributed by atoms with van der Waals surface area (Å²) in [6.45, 7) is 2.02. The first-order valence-corrected chi connectivity index (χ1v) is 3.96. The Kier molecular flexibility index (Phi) is 3.54.